The summed E-state index contributed by atoms with van der Waals surface area (Å²) in [4.78, 5) is 11.0. The summed E-state index contributed by atoms with van der Waals surface area (Å²) in [5.41, 5.74) is 1.02. The summed E-state index contributed by atoms with van der Waals surface area (Å²) >= 11 is 0. The third-order valence-electron chi connectivity index (χ3n) is 2.18. The van der Waals surface area contributed by atoms with Crippen LogP contribution in [0.15, 0.2) is 11.6 Å². The lowest BCUT2D eigenvalue weighted by Gasteiger charge is -2.22. The Morgan fingerprint density at radius 3 is 2.92 bits per heavy atom. The quantitative estimate of drug-likeness (QED) is 0.445. The van der Waals surface area contributed by atoms with Crippen LogP contribution in [0.5, 0.6) is 0 Å². The van der Waals surface area contributed by atoms with Crippen LogP contribution in [0.1, 0.15) is 19.8 Å². The van der Waals surface area contributed by atoms with E-state index in [1.807, 2.05) is 13.0 Å². The van der Waals surface area contributed by atoms with Gasteiger partial charge in [0.25, 0.3) is 0 Å². The molecule has 12 heavy (non-hydrogen) atoms. The average molecular weight is 172 g/mol. The minimum Gasteiger partial charge on any atom is -0.469 e. The summed E-state index contributed by atoms with van der Waals surface area (Å²) in [6.07, 6.45) is 1.67. The average Bonchev–Trinajstić information content (AvgIpc) is 2.03. The molecule has 0 amide bonds. The summed E-state index contributed by atoms with van der Waals surface area (Å²) < 4.78 is 17.7. The molecule has 0 saturated carbocycles. The van der Waals surface area contributed by atoms with Gasteiger partial charge < -0.3 is 4.74 Å². The fraction of sp³-hybridized carbons (Fsp3) is 0.667. The van der Waals surface area contributed by atoms with Crippen LogP contribution in [-0.2, 0) is 9.53 Å². The predicted octanol–water partition coefficient (Wildman–Crippen LogP) is 1.85. The molecular weight excluding hydrogens is 159 g/mol. The highest BCUT2D eigenvalue weighted by Crippen LogP contribution is 2.27. The Balaban J connectivity index is 2.63. The van der Waals surface area contributed by atoms with Gasteiger partial charge in [-0.1, -0.05) is 11.6 Å². The number of carbonyl (C=O) groups is 1. The highest BCUT2D eigenvalue weighted by atomic mass is 19.1. The molecule has 2 unspecified atom stereocenters. The lowest BCUT2D eigenvalue weighted by molar-refractivity contribution is -0.147. The Bertz CT molecular complexity index is 211. The number of alkyl halides is 1. The summed E-state index contributed by atoms with van der Waals surface area (Å²) in [5.74, 6) is -1.02. The summed E-state index contributed by atoms with van der Waals surface area (Å²) in [6.45, 7) is 1.88. The molecule has 1 aliphatic rings. The zero-order valence-electron chi connectivity index (χ0n) is 7.34. The van der Waals surface area contributed by atoms with Crippen molar-refractivity contribution in [1.29, 1.82) is 0 Å². The first-order valence-corrected chi connectivity index (χ1v) is 4.02. The minimum atomic E-state index is -1.07. The molecule has 0 heterocycles. The van der Waals surface area contributed by atoms with E-state index >= 15 is 0 Å². The Labute approximate surface area is 71.4 Å². The number of esters is 1. The lowest BCUT2D eigenvalue weighted by Crippen LogP contribution is -2.28. The zero-order valence-corrected chi connectivity index (χ0v) is 7.34. The molecule has 1 aliphatic carbocycles. The Hall–Kier alpha value is -0.860. The van der Waals surface area contributed by atoms with Crippen molar-refractivity contribution in [3.8, 4) is 0 Å². The van der Waals surface area contributed by atoms with Crippen LogP contribution in [0, 0.1) is 5.92 Å². The van der Waals surface area contributed by atoms with E-state index in [1.54, 1.807) is 0 Å². The van der Waals surface area contributed by atoms with Gasteiger partial charge in [0.15, 0.2) is 0 Å². The van der Waals surface area contributed by atoms with Crippen molar-refractivity contribution in [3.63, 3.8) is 0 Å². The monoisotopic (exact) mass is 172 g/mol. The highest BCUT2D eigenvalue weighted by Gasteiger charge is 2.30. The van der Waals surface area contributed by atoms with Crippen LogP contribution in [0.2, 0.25) is 0 Å². The van der Waals surface area contributed by atoms with Gasteiger partial charge >= 0.3 is 5.97 Å². The van der Waals surface area contributed by atoms with Gasteiger partial charge in [-0.15, -0.1) is 0 Å². The molecule has 3 heteroatoms. The summed E-state index contributed by atoms with van der Waals surface area (Å²) in [7, 11) is 1.29. The molecule has 0 spiro atoms. The fourth-order valence-electron chi connectivity index (χ4n) is 1.40. The van der Waals surface area contributed by atoms with Crippen molar-refractivity contribution in [2.45, 2.75) is 25.9 Å². The molecular formula is C9H13FO2. The number of rotatable bonds is 1. The predicted molar refractivity (Wildman–Crippen MR) is 43.4 cm³/mol. The van der Waals surface area contributed by atoms with E-state index in [2.05, 4.69) is 4.74 Å². The molecule has 2 nitrogen and oxygen atoms in total. The molecule has 0 fully saturated rings. The van der Waals surface area contributed by atoms with Gasteiger partial charge in [0, 0.05) is 6.42 Å². The van der Waals surface area contributed by atoms with E-state index in [0.717, 1.165) is 5.57 Å². The Morgan fingerprint density at radius 1 is 1.75 bits per heavy atom. The molecule has 0 N–H and O–H groups in total. The van der Waals surface area contributed by atoms with Crippen LogP contribution < -0.4 is 0 Å². The Morgan fingerprint density at radius 2 is 2.42 bits per heavy atom. The number of carbonyl (C=O) groups excluding carboxylic acids is 1. The molecule has 0 bridgehead atoms. The van der Waals surface area contributed by atoms with Gasteiger partial charge in [-0.05, 0) is 13.3 Å². The maximum atomic E-state index is 13.2. The number of hydrogen-bond acceptors (Lipinski definition) is 2. The van der Waals surface area contributed by atoms with Gasteiger partial charge in [0.05, 0.1) is 13.0 Å². The second-order valence-corrected chi connectivity index (χ2v) is 3.14. The first kappa shape index (κ1) is 9.23. The number of ether oxygens (including phenoxy) is 1. The second-order valence-electron chi connectivity index (χ2n) is 3.14. The van der Waals surface area contributed by atoms with Crippen LogP contribution in [0.25, 0.3) is 0 Å². The molecule has 0 radical (unpaired) electrons. The van der Waals surface area contributed by atoms with Crippen molar-refractivity contribution in [3.05, 3.63) is 11.6 Å². The second kappa shape index (κ2) is 3.70. The normalized spacial score (nSPS) is 29.4. The van der Waals surface area contributed by atoms with Gasteiger partial charge in [-0.2, -0.15) is 0 Å². The van der Waals surface area contributed by atoms with E-state index in [4.69, 9.17) is 0 Å². The van der Waals surface area contributed by atoms with Gasteiger partial charge in [-0.3, -0.25) is 4.79 Å². The number of halogens is 1. The summed E-state index contributed by atoms with van der Waals surface area (Å²) in [5, 5.41) is 0. The Kier molecular flexibility index (Phi) is 2.84. The molecule has 1 rings (SSSR count). The largest absolute Gasteiger partial charge is 0.469 e. The lowest BCUT2D eigenvalue weighted by atomic mass is 9.88. The van der Waals surface area contributed by atoms with Crippen LogP contribution in [0.4, 0.5) is 4.39 Å². The first-order chi connectivity index (χ1) is 5.65. The smallest absolute Gasteiger partial charge is 0.311 e. The molecule has 0 saturated heterocycles. The fourth-order valence-corrected chi connectivity index (χ4v) is 1.40. The number of hydrogen-bond donors (Lipinski definition) is 0. The van der Waals surface area contributed by atoms with Crippen molar-refractivity contribution in [2.75, 3.05) is 7.11 Å². The number of methoxy groups -OCH3 is 1. The van der Waals surface area contributed by atoms with Crippen molar-refractivity contribution < 1.29 is 13.9 Å². The van der Waals surface area contributed by atoms with Crippen LogP contribution in [-0.4, -0.2) is 19.3 Å². The molecule has 0 aromatic heterocycles. The molecule has 2 atom stereocenters. The minimum absolute atomic E-state index is 0.361. The van der Waals surface area contributed by atoms with E-state index in [1.165, 1.54) is 7.11 Å². The topological polar surface area (TPSA) is 26.3 Å². The molecule has 0 aromatic rings. The van der Waals surface area contributed by atoms with Crippen LogP contribution >= 0.6 is 0 Å². The van der Waals surface area contributed by atoms with E-state index < -0.39 is 18.1 Å². The third kappa shape index (κ3) is 1.84. The van der Waals surface area contributed by atoms with Crippen LogP contribution in [0.3, 0.4) is 0 Å². The summed E-state index contributed by atoms with van der Waals surface area (Å²) in [6, 6.07) is 0. The van der Waals surface area contributed by atoms with Gasteiger partial charge in [-0.25, -0.2) is 4.39 Å². The number of allylic oxidation sites excluding steroid dienone is 2. The van der Waals surface area contributed by atoms with Crippen molar-refractivity contribution >= 4 is 5.97 Å². The van der Waals surface area contributed by atoms with Gasteiger partial charge in [0.2, 0.25) is 0 Å². The van der Waals surface area contributed by atoms with E-state index in [0.29, 0.717) is 12.8 Å². The molecule has 0 aliphatic heterocycles. The van der Waals surface area contributed by atoms with Crippen molar-refractivity contribution in [2.24, 2.45) is 5.92 Å². The first-order valence-electron chi connectivity index (χ1n) is 4.02. The molecule has 0 aromatic carbocycles. The maximum absolute atomic E-state index is 13.2. The highest BCUT2D eigenvalue weighted by molar-refractivity contribution is 5.73. The van der Waals surface area contributed by atoms with Gasteiger partial charge in [0.1, 0.15) is 6.17 Å². The zero-order chi connectivity index (χ0) is 9.14. The van der Waals surface area contributed by atoms with Crippen molar-refractivity contribution in [1.82, 2.24) is 0 Å². The van der Waals surface area contributed by atoms with E-state index in [-0.39, 0.29) is 0 Å². The standard InChI is InChI=1S/C9H13FO2/c1-6-3-4-7(8(10)5-6)9(11)12-2/h3,7-8H,4-5H2,1-2H3. The maximum Gasteiger partial charge on any atom is 0.311 e. The van der Waals surface area contributed by atoms with E-state index in [9.17, 15) is 9.18 Å². The third-order valence-corrected chi connectivity index (χ3v) is 2.18. The molecule has 68 valence electrons. The SMILES string of the molecule is COC(=O)C1CC=C(C)CC1F.